The zero-order valence-electron chi connectivity index (χ0n) is 26.5. The van der Waals surface area contributed by atoms with Crippen molar-refractivity contribution >= 4 is 17.5 Å². The summed E-state index contributed by atoms with van der Waals surface area (Å²) in [6.07, 6.45) is 3.07. The Morgan fingerprint density at radius 3 is 1.74 bits per heavy atom. The number of carbonyl (C=O) groups excluding carboxylic acids is 2. The lowest BCUT2D eigenvalue weighted by molar-refractivity contribution is -0.139. The molecule has 2 aromatic carbocycles. The number of rotatable bonds is 18. The summed E-state index contributed by atoms with van der Waals surface area (Å²) in [4.78, 5) is 23.9. The first-order valence-electron chi connectivity index (χ1n) is 14.8. The van der Waals surface area contributed by atoms with Crippen molar-refractivity contribution in [3.8, 4) is 16.9 Å². The molecular formula is C36H48O7. The second kappa shape index (κ2) is 16.8. The van der Waals surface area contributed by atoms with Gasteiger partial charge in [-0.25, -0.2) is 9.59 Å². The summed E-state index contributed by atoms with van der Waals surface area (Å²) in [5, 5.41) is 19.8. The van der Waals surface area contributed by atoms with Crippen LogP contribution >= 0.6 is 0 Å². The van der Waals surface area contributed by atoms with Gasteiger partial charge in [-0.2, -0.15) is 0 Å². The standard InChI is InChI=1S/C36H48O7/c1-9-27-18-28(24(2)3)14-15-32(27)31-19-29(12-10-16-41-34(39)25(4)5)33(43-23-36(8,21-37)22-38)30(20-31)13-11-17-42-35(40)26(6)7/h14-15,18-20,37-38H,2,4,6,9-13,16-17,21-23H2,1,3,5,7-8H3. The fraction of sp³-hybridized carbons (Fsp3) is 0.444. The molecule has 0 bridgehead atoms. The van der Waals surface area contributed by atoms with Crippen LogP contribution in [0.15, 0.2) is 61.2 Å². The van der Waals surface area contributed by atoms with E-state index in [1.54, 1.807) is 20.8 Å². The Labute approximate surface area is 256 Å². The van der Waals surface area contributed by atoms with Crippen molar-refractivity contribution in [1.29, 1.82) is 0 Å². The summed E-state index contributed by atoms with van der Waals surface area (Å²) in [5.74, 6) is -0.199. The summed E-state index contributed by atoms with van der Waals surface area (Å²) >= 11 is 0. The van der Waals surface area contributed by atoms with Gasteiger partial charge in [-0.15, -0.1) is 0 Å². The molecule has 0 spiro atoms. The molecule has 0 saturated carbocycles. The smallest absolute Gasteiger partial charge is 0.333 e. The molecule has 0 aliphatic rings. The maximum Gasteiger partial charge on any atom is 0.333 e. The Hall–Kier alpha value is -3.68. The maximum atomic E-state index is 11.9. The molecule has 234 valence electrons. The number of aliphatic hydroxyl groups is 2. The van der Waals surface area contributed by atoms with Crippen molar-refractivity contribution in [3.05, 3.63) is 83.5 Å². The SMILES string of the molecule is C=C(C)C(=O)OCCCc1cc(-c2ccc(C(=C)C)cc2CC)cc(CCCOC(=O)C(=C)C)c1OCC(C)(CO)CO. The molecule has 0 fully saturated rings. The number of carbonyl (C=O) groups is 2. The summed E-state index contributed by atoms with van der Waals surface area (Å²) in [5.41, 5.74) is 7.08. The van der Waals surface area contributed by atoms with E-state index in [-0.39, 0.29) is 33.0 Å². The van der Waals surface area contributed by atoms with Crippen LogP contribution in [-0.4, -0.2) is 55.2 Å². The van der Waals surface area contributed by atoms with Gasteiger partial charge in [-0.1, -0.05) is 57.4 Å². The van der Waals surface area contributed by atoms with E-state index in [9.17, 15) is 19.8 Å². The Kier molecular flexibility index (Phi) is 13.9. The van der Waals surface area contributed by atoms with Gasteiger partial charge in [0.2, 0.25) is 0 Å². The molecule has 0 aliphatic heterocycles. The second-order valence-electron chi connectivity index (χ2n) is 11.6. The normalized spacial score (nSPS) is 11.1. The molecular weight excluding hydrogens is 544 g/mol. The van der Waals surface area contributed by atoms with Crippen LogP contribution in [0.5, 0.6) is 5.75 Å². The van der Waals surface area contributed by atoms with E-state index in [0.29, 0.717) is 42.6 Å². The van der Waals surface area contributed by atoms with Crippen LogP contribution < -0.4 is 4.74 Å². The van der Waals surface area contributed by atoms with Gasteiger partial charge in [-0.3, -0.25) is 0 Å². The largest absolute Gasteiger partial charge is 0.492 e. The van der Waals surface area contributed by atoms with Crippen LogP contribution in [0.4, 0.5) is 0 Å². The first-order chi connectivity index (χ1) is 20.3. The summed E-state index contributed by atoms with van der Waals surface area (Å²) in [7, 11) is 0. The molecule has 0 heterocycles. The monoisotopic (exact) mass is 592 g/mol. The summed E-state index contributed by atoms with van der Waals surface area (Å²) in [6.45, 7) is 20.5. The van der Waals surface area contributed by atoms with E-state index in [0.717, 1.165) is 39.8 Å². The van der Waals surface area contributed by atoms with Crippen molar-refractivity contribution in [2.45, 2.75) is 66.7 Å². The predicted molar refractivity (Wildman–Crippen MR) is 172 cm³/mol. The van der Waals surface area contributed by atoms with Crippen LogP contribution in [-0.2, 0) is 38.3 Å². The van der Waals surface area contributed by atoms with Crippen LogP contribution in [0.25, 0.3) is 16.7 Å². The van der Waals surface area contributed by atoms with Gasteiger partial charge < -0.3 is 24.4 Å². The third kappa shape index (κ3) is 10.5. The van der Waals surface area contributed by atoms with Crippen molar-refractivity contribution in [1.82, 2.24) is 0 Å². The Morgan fingerprint density at radius 1 is 0.814 bits per heavy atom. The highest BCUT2D eigenvalue weighted by Gasteiger charge is 2.25. The quantitative estimate of drug-likeness (QED) is 0.117. The predicted octanol–water partition coefficient (Wildman–Crippen LogP) is 6.42. The highest BCUT2D eigenvalue weighted by Crippen LogP contribution is 2.36. The molecule has 0 amide bonds. The van der Waals surface area contributed by atoms with E-state index >= 15 is 0 Å². The van der Waals surface area contributed by atoms with Crippen molar-refractivity contribution in [2.24, 2.45) is 5.41 Å². The second-order valence-corrected chi connectivity index (χ2v) is 11.6. The Morgan fingerprint density at radius 2 is 1.33 bits per heavy atom. The van der Waals surface area contributed by atoms with E-state index < -0.39 is 17.4 Å². The van der Waals surface area contributed by atoms with Gasteiger partial charge in [0.05, 0.1) is 33.0 Å². The molecule has 0 radical (unpaired) electrons. The first kappa shape index (κ1) is 35.5. The molecule has 0 aromatic heterocycles. The molecule has 0 atom stereocenters. The van der Waals surface area contributed by atoms with Crippen LogP contribution in [0, 0.1) is 5.41 Å². The Bertz CT molecular complexity index is 1260. The number of hydrogen-bond acceptors (Lipinski definition) is 7. The minimum Gasteiger partial charge on any atom is -0.492 e. The number of ether oxygens (including phenoxy) is 3. The fourth-order valence-corrected chi connectivity index (χ4v) is 4.39. The highest BCUT2D eigenvalue weighted by molar-refractivity contribution is 5.87. The van der Waals surface area contributed by atoms with Crippen molar-refractivity contribution < 1.29 is 34.0 Å². The van der Waals surface area contributed by atoms with Gasteiger partial charge in [0.1, 0.15) is 5.75 Å². The van der Waals surface area contributed by atoms with Gasteiger partial charge in [0.15, 0.2) is 0 Å². The number of benzene rings is 2. The molecule has 0 aliphatic carbocycles. The van der Waals surface area contributed by atoms with E-state index in [2.05, 4.69) is 57.0 Å². The Balaban J connectivity index is 2.58. The van der Waals surface area contributed by atoms with Crippen molar-refractivity contribution in [3.63, 3.8) is 0 Å². The summed E-state index contributed by atoms with van der Waals surface area (Å²) in [6, 6.07) is 10.6. The lowest BCUT2D eigenvalue weighted by atomic mass is 9.90. The minimum absolute atomic E-state index is 0.0994. The highest BCUT2D eigenvalue weighted by atomic mass is 16.5. The fourth-order valence-electron chi connectivity index (χ4n) is 4.39. The molecule has 2 rings (SSSR count). The minimum atomic E-state index is -0.838. The summed E-state index contributed by atoms with van der Waals surface area (Å²) < 4.78 is 17.1. The van der Waals surface area contributed by atoms with E-state index in [1.807, 2.05) is 6.92 Å². The zero-order chi connectivity index (χ0) is 32.2. The molecule has 2 N–H and O–H groups in total. The van der Waals surface area contributed by atoms with Gasteiger partial charge >= 0.3 is 11.9 Å². The zero-order valence-corrected chi connectivity index (χ0v) is 26.5. The number of aryl methyl sites for hydroxylation is 3. The van der Waals surface area contributed by atoms with Gasteiger partial charge in [-0.05, 0) is 98.4 Å². The molecule has 43 heavy (non-hydrogen) atoms. The lowest BCUT2D eigenvalue weighted by Crippen LogP contribution is -2.33. The average molecular weight is 593 g/mol. The third-order valence-electron chi connectivity index (χ3n) is 7.21. The average Bonchev–Trinajstić information content (AvgIpc) is 2.99. The molecule has 2 aromatic rings. The van der Waals surface area contributed by atoms with E-state index in [1.165, 1.54) is 5.56 Å². The number of allylic oxidation sites excluding steroid dienone is 1. The number of hydrogen-bond donors (Lipinski definition) is 2. The van der Waals surface area contributed by atoms with E-state index in [4.69, 9.17) is 14.2 Å². The molecule has 7 heteroatoms. The molecule has 7 nitrogen and oxygen atoms in total. The molecule has 0 saturated heterocycles. The number of aliphatic hydroxyl groups excluding tert-OH is 2. The van der Waals surface area contributed by atoms with Crippen LogP contribution in [0.3, 0.4) is 0 Å². The van der Waals surface area contributed by atoms with Crippen LogP contribution in [0.1, 0.15) is 69.7 Å². The topological polar surface area (TPSA) is 102 Å². The lowest BCUT2D eigenvalue weighted by Gasteiger charge is -2.27. The maximum absolute atomic E-state index is 11.9. The van der Waals surface area contributed by atoms with Gasteiger partial charge in [0, 0.05) is 16.6 Å². The molecule has 0 unspecified atom stereocenters. The van der Waals surface area contributed by atoms with Gasteiger partial charge in [0.25, 0.3) is 0 Å². The first-order valence-corrected chi connectivity index (χ1v) is 14.8. The number of esters is 2. The van der Waals surface area contributed by atoms with Crippen LogP contribution in [0.2, 0.25) is 0 Å². The van der Waals surface area contributed by atoms with Crippen molar-refractivity contribution in [2.75, 3.05) is 33.0 Å². The third-order valence-corrected chi connectivity index (χ3v) is 7.21.